The van der Waals surface area contributed by atoms with Gasteiger partial charge in [-0.3, -0.25) is 4.98 Å². The maximum Gasteiger partial charge on any atom is 0.229 e. The van der Waals surface area contributed by atoms with Crippen LogP contribution in [0.25, 0.3) is 10.9 Å². The molecule has 2 N–H and O–H groups in total. The van der Waals surface area contributed by atoms with Gasteiger partial charge >= 0.3 is 0 Å². The number of aromatic nitrogens is 3. The van der Waals surface area contributed by atoms with E-state index in [9.17, 15) is 0 Å². The molecule has 0 spiro atoms. The number of anilines is 3. The fourth-order valence-electron chi connectivity index (χ4n) is 2.38. The van der Waals surface area contributed by atoms with Gasteiger partial charge in [0.25, 0.3) is 0 Å². The number of hydrogen-bond acceptors (Lipinski definition) is 7. The van der Waals surface area contributed by atoms with E-state index < -0.39 is 0 Å². The Hall–Kier alpha value is -3.09. The predicted molar refractivity (Wildman–Crippen MR) is 94.3 cm³/mol. The highest BCUT2D eigenvalue weighted by molar-refractivity contribution is 5.93. The zero-order chi connectivity index (χ0) is 16.9. The summed E-state index contributed by atoms with van der Waals surface area (Å²) in [5.41, 5.74) is 1.57. The highest BCUT2D eigenvalue weighted by Crippen LogP contribution is 2.34. The molecule has 0 unspecified atom stereocenters. The van der Waals surface area contributed by atoms with E-state index in [0.29, 0.717) is 17.4 Å². The number of benzene rings is 1. The highest BCUT2D eigenvalue weighted by atomic mass is 16.5. The second-order valence-corrected chi connectivity index (χ2v) is 5.02. The molecule has 124 valence electrons. The number of rotatable bonds is 6. The molecule has 0 atom stereocenters. The van der Waals surface area contributed by atoms with Gasteiger partial charge in [-0.1, -0.05) is 0 Å². The zero-order valence-corrected chi connectivity index (χ0v) is 13.8. The first-order chi connectivity index (χ1) is 11.7. The number of methoxy groups -OCH3 is 2. The monoisotopic (exact) mass is 325 g/mol. The molecule has 0 saturated heterocycles. The lowest BCUT2D eigenvalue weighted by Gasteiger charge is -2.13. The van der Waals surface area contributed by atoms with Crippen LogP contribution in [-0.2, 0) is 0 Å². The van der Waals surface area contributed by atoms with Crippen molar-refractivity contribution in [2.24, 2.45) is 0 Å². The lowest BCUT2D eigenvalue weighted by Crippen LogP contribution is -2.05. The lowest BCUT2D eigenvalue weighted by molar-refractivity contribution is 0.356. The maximum atomic E-state index is 5.37. The average Bonchev–Trinajstić information content (AvgIpc) is 2.61. The fourth-order valence-corrected chi connectivity index (χ4v) is 2.38. The van der Waals surface area contributed by atoms with Gasteiger partial charge in [0, 0.05) is 24.2 Å². The summed E-state index contributed by atoms with van der Waals surface area (Å²) >= 11 is 0. The van der Waals surface area contributed by atoms with E-state index in [1.807, 2.05) is 31.2 Å². The van der Waals surface area contributed by atoms with Crippen molar-refractivity contribution in [1.82, 2.24) is 15.0 Å². The summed E-state index contributed by atoms with van der Waals surface area (Å²) in [6, 6.07) is 7.47. The minimum atomic E-state index is 0.485. The van der Waals surface area contributed by atoms with Gasteiger partial charge in [-0.2, -0.15) is 4.98 Å². The normalized spacial score (nSPS) is 10.5. The van der Waals surface area contributed by atoms with Gasteiger partial charge in [0.2, 0.25) is 5.95 Å². The topological polar surface area (TPSA) is 81.2 Å². The van der Waals surface area contributed by atoms with Crippen molar-refractivity contribution in [3.8, 4) is 11.5 Å². The van der Waals surface area contributed by atoms with Gasteiger partial charge in [-0.25, -0.2) is 4.98 Å². The van der Waals surface area contributed by atoms with Gasteiger partial charge in [0.15, 0.2) is 11.5 Å². The third kappa shape index (κ3) is 3.15. The molecule has 0 amide bonds. The Morgan fingerprint density at radius 2 is 1.88 bits per heavy atom. The maximum absolute atomic E-state index is 5.37. The first-order valence-electron chi connectivity index (χ1n) is 7.59. The summed E-state index contributed by atoms with van der Waals surface area (Å²) in [6.45, 7) is 2.76. The Kier molecular flexibility index (Phi) is 4.60. The molecule has 0 radical (unpaired) electrons. The first kappa shape index (κ1) is 15.8. The summed E-state index contributed by atoms with van der Waals surface area (Å²) < 4.78 is 10.7. The summed E-state index contributed by atoms with van der Waals surface area (Å²) in [7, 11) is 3.21. The average molecular weight is 325 g/mol. The summed E-state index contributed by atoms with van der Waals surface area (Å²) in [5, 5.41) is 7.29. The van der Waals surface area contributed by atoms with Crippen LogP contribution < -0.4 is 20.1 Å². The molecule has 3 aromatic rings. The van der Waals surface area contributed by atoms with Crippen molar-refractivity contribution in [2.45, 2.75) is 6.92 Å². The van der Waals surface area contributed by atoms with E-state index >= 15 is 0 Å². The van der Waals surface area contributed by atoms with E-state index in [-0.39, 0.29) is 0 Å². The van der Waals surface area contributed by atoms with E-state index in [0.717, 1.165) is 29.0 Å². The van der Waals surface area contributed by atoms with Crippen LogP contribution in [0.5, 0.6) is 11.5 Å². The number of pyridine rings is 1. The Morgan fingerprint density at radius 1 is 1.08 bits per heavy atom. The third-order valence-corrected chi connectivity index (χ3v) is 3.46. The minimum absolute atomic E-state index is 0.485. The second-order valence-electron chi connectivity index (χ2n) is 5.02. The molecule has 0 saturated carbocycles. The van der Waals surface area contributed by atoms with Crippen LogP contribution in [0.1, 0.15) is 6.92 Å². The molecular formula is C17H19N5O2. The van der Waals surface area contributed by atoms with Crippen molar-refractivity contribution in [2.75, 3.05) is 31.4 Å². The Bertz CT molecular complexity index is 839. The molecule has 2 aromatic heterocycles. The van der Waals surface area contributed by atoms with Gasteiger partial charge in [-0.15, -0.1) is 0 Å². The van der Waals surface area contributed by atoms with Gasteiger partial charge < -0.3 is 20.1 Å². The van der Waals surface area contributed by atoms with E-state index in [1.165, 1.54) is 0 Å². The minimum Gasteiger partial charge on any atom is -0.493 e. The van der Waals surface area contributed by atoms with Crippen molar-refractivity contribution >= 4 is 28.4 Å². The Morgan fingerprint density at radius 3 is 2.54 bits per heavy atom. The molecular weight excluding hydrogens is 306 g/mol. The van der Waals surface area contributed by atoms with E-state index in [4.69, 9.17) is 9.47 Å². The summed E-state index contributed by atoms with van der Waals surface area (Å²) in [4.78, 5) is 13.2. The molecule has 0 fully saturated rings. The van der Waals surface area contributed by atoms with Gasteiger partial charge in [0.1, 0.15) is 5.82 Å². The molecule has 0 aliphatic heterocycles. The number of nitrogens with one attached hydrogen (secondary N) is 2. The second kappa shape index (κ2) is 6.99. The van der Waals surface area contributed by atoms with Crippen LogP contribution in [-0.4, -0.2) is 35.7 Å². The van der Waals surface area contributed by atoms with Crippen LogP contribution in [0.2, 0.25) is 0 Å². The molecule has 0 aliphatic rings. The number of fused-ring (bicyclic) bond motifs is 1. The van der Waals surface area contributed by atoms with Gasteiger partial charge in [-0.05, 0) is 25.1 Å². The van der Waals surface area contributed by atoms with Crippen LogP contribution >= 0.6 is 0 Å². The molecule has 24 heavy (non-hydrogen) atoms. The molecule has 7 nitrogen and oxygen atoms in total. The van der Waals surface area contributed by atoms with Crippen LogP contribution in [0.3, 0.4) is 0 Å². The summed E-state index contributed by atoms with van der Waals surface area (Å²) in [5.74, 6) is 2.48. The fraction of sp³-hybridized carbons (Fsp3) is 0.235. The Balaban J connectivity index is 2.11. The number of hydrogen-bond donors (Lipinski definition) is 2. The SMILES string of the molecule is CCNc1nc(Nc2cccnc2)nc2cc(OC)c(OC)cc12. The molecule has 0 bridgehead atoms. The third-order valence-electron chi connectivity index (χ3n) is 3.46. The zero-order valence-electron chi connectivity index (χ0n) is 13.8. The molecule has 1 aromatic carbocycles. The predicted octanol–water partition coefficient (Wildman–Crippen LogP) is 3.22. The van der Waals surface area contributed by atoms with Crippen molar-refractivity contribution < 1.29 is 9.47 Å². The molecule has 3 rings (SSSR count). The first-order valence-corrected chi connectivity index (χ1v) is 7.59. The standard InChI is InChI=1S/C17H19N5O2/c1-4-19-16-12-8-14(23-2)15(24-3)9-13(12)21-17(22-16)20-11-6-5-7-18-10-11/h5-10H,4H2,1-3H3,(H2,19,20,21,22). The van der Waals surface area contributed by atoms with Crippen LogP contribution in [0.4, 0.5) is 17.5 Å². The quantitative estimate of drug-likeness (QED) is 0.720. The highest BCUT2D eigenvalue weighted by Gasteiger charge is 2.13. The van der Waals surface area contributed by atoms with Crippen LogP contribution in [0.15, 0.2) is 36.7 Å². The smallest absolute Gasteiger partial charge is 0.229 e. The van der Waals surface area contributed by atoms with Crippen molar-refractivity contribution in [3.05, 3.63) is 36.7 Å². The van der Waals surface area contributed by atoms with Crippen LogP contribution in [0, 0.1) is 0 Å². The molecule has 7 heteroatoms. The lowest BCUT2D eigenvalue weighted by atomic mass is 10.2. The molecule has 2 heterocycles. The summed E-state index contributed by atoms with van der Waals surface area (Å²) in [6.07, 6.45) is 3.43. The van der Waals surface area contributed by atoms with E-state index in [2.05, 4.69) is 25.6 Å². The Labute approximate surface area is 140 Å². The van der Waals surface area contributed by atoms with Crippen molar-refractivity contribution in [1.29, 1.82) is 0 Å². The van der Waals surface area contributed by atoms with E-state index in [1.54, 1.807) is 26.6 Å². The van der Waals surface area contributed by atoms with Gasteiger partial charge in [0.05, 0.1) is 31.6 Å². The number of ether oxygens (including phenoxy) is 2. The molecule has 0 aliphatic carbocycles. The largest absolute Gasteiger partial charge is 0.493 e. The number of nitrogens with zero attached hydrogens (tertiary/aromatic N) is 3. The van der Waals surface area contributed by atoms with Crippen molar-refractivity contribution in [3.63, 3.8) is 0 Å².